The van der Waals surface area contributed by atoms with Crippen LogP contribution in [0, 0.1) is 0 Å². The molecule has 8 aliphatic rings. The normalized spacial score (nSPS) is 35.4. The lowest BCUT2D eigenvalue weighted by Gasteiger charge is -2.64. The first-order chi connectivity index (χ1) is 13.6. The van der Waals surface area contributed by atoms with Gasteiger partial charge in [0.25, 0.3) is 5.56 Å². The summed E-state index contributed by atoms with van der Waals surface area (Å²) < 4.78 is 7.13. The van der Waals surface area contributed by atoms with Crippen molar-refractivity contribution in [2.75, 3.05) is 6.61 Å². The standard InChI is InChI=1S/C11H12B10N2O5/c24-3-6-5(25)1-7(28-6)23-2-4(8(26)22-10(23)27)11-15-16(11)21-17(11)20(15)18-12-9-13(12)19(21)14(9)18/h2,5-7,9,24-25H,1,3H2,(H,22,26,27)/t5-,6-,7-,9?,11?/m0/s1. The topological polar surface area (TPSA) is 105 Å². The van der Waals surface area contributed by atoms with E-state index >= 15 is 0 Å². The third-order valence-electron chi connectivity index (χ3n) is 11.0. The number of hydrogen-bond acceptors (Lipinski definition) is 5. The highest BCUT2D eigenvalue weighted by atomic mass is 16.5. The highest BCUT2D eigenvalue weighted by Gasteiger charge is 3.06. The number of aliphatic hydroxyl groups is 2. The molecule has 17 heteroatoms. The number of ether oxygens (including phenoxy) is 1. The van der Waals surface area contributed by atoms with Crippen LogP contribution in [0.3, 0.4) is 0 Å². The molecule has 8 aliphatic heterocycles. The Hall–Kier alpha value is -0.791. The smallest absolute Gasteiger partial charge is 0.330 e. The number of aromatic nitrogens is 2. The lowest BCUT2D eigenvalue weighted by atomic mass is 8.34. The fourth-order valence-corrected chi connectivity index (χ4v) is 10.6. The largest absolute Gasteiger partial charge is 0.394 e. The Morgan fingerprint density at radius 2 is 1.86 bits per heavy atom. The van der Waals surface area contributed by atoms with Crippen molar-refractivity contribution in [2.45, 2.75) is 35.6 Å². The van der Waals surface area contributed by atoms with Gasteiger partial charge in [0.1, 0.15) is 12.3 Å². The van der Waals surface area contributed by atoms with Crippen LogP contribution in [0.2, 0.25) is 5.62 Å². The van der Waals surface area contributed by atoms with Gasteiger partial charge in [0.05, 0.1) is 12.7 Å². The molecule has 28 heavy (non-hydrogen) atoms. The van der Waals surface area contributed by atoms with Gasteiger partial charge >= 0.3 is 5.69 Å². The van der Waals surface area contributed by atoms with Gasteiger partial charge in [-0.2, -0.15) is 0 Å². The molecule has 3 N–H and O–H groups in total. The number of nitrogens with one attached hydrogen (secondary N) is 1. The summed E-state index contributed by atoms with van der Waals surface area (Å²) in [5, 5.41) is 19.4. The molecule has 7 nitrogen and oxygen atoms in total. The summed E-state index contributed by atoms with van der Waals surface area (Å²) in [6.07, 6.45) is 3.52. The van der Waals surface area contributed by atoms with Gasteiger partial charge in [0, 0.05) is 82.7 Å². The molecule has 1 aromatic heterocycles. The van der Waals surface area contributed by atoms with Crippen molar-refractivity contribution in [2.24, 2.45) is 0 Å². The van der Waals surface area contributed by atoms with Crippen LogP contribution >= 0.6 is 0 Å². The van der Waals surface area contributed by atoms with E-state index in [0.717, 1.165) is 56.2 Å². The van der Waals surface area contributed by atoms with E-state index in [1.54, 1.807) is 6.20 Å². The van der Waals surface area contributed by atoms with Gasteiger partial charge in [-0.15, -0.1) is 10.7 Å². The zero-order valence-corrected chi connectivity index (χ0v) is 15.1. The fraction of sp³-hybridized carbons (Fsp3) is 0.636. The van der Waals surface area contributed by atoms with Crippen molar-refractivity contribution in [3.63, 3.8) is 0 Å². The minimum absolute atomic E-state index is 0.0387. The Morgan fingerprint density at radius 3 is 2.50 bits per heavy atom. The quantitative estimate of drug-likeness (QED) is 0.467. The van der Waals surface area contributed by atoms with E-state index in [-0.39, 0.29) is 23.7 Å². The SMILES string of the molecule is O=c1[nH]c(=O)n([C@@H]2C[C@H](O)[C@H](CO)O2)cc1C12B3B4B5B6B(B3B1B42)B1B5C61. The van der Waals surface area contributed by atoms with Crippen LogP contribution in [-0.4, -0.2) is 103 Å². The third-order valence-corrected chi connectivity index (χ3v) is 11.0. The van der Waals surface area contributed by atoms with Crippen LogP contribution in [0.5, 0.6) is 0 Å². The van der Waals surface area contributed by atoms with E-state index in [0.29, 0.717) is 19.5 Å². The third kappa shape index (κ3) is 1.15. The monoisotopic (exact) mass is 362 g/mol. The van der Waals surface area contributed by atoms with Gasteiger partial charge in [-0.05, 0) is 0 Å². The average Bonchev–Trinajstić information content (AvgIpc) is 3.02. The zero-order chi connectivity index (χ0) is 18.4. The summed E-state index contributed by atoms with van der Waals surface area (Å²) in [5.41, 5.74) is 1.17. The number of hydrogen-bond donors (Lipinski definition) is 3. The van der Waals surface area contributed by atoms with Crippen molar-refractivity contribution in [3.05, 3.63) is 32.6 Å². The zero-order valence-electron chi connectivity index (χ0n) is 15.1. The molecule has 0 unspecified atom stereocenters. The second-order valence-electron chi connectivity index (χ2n) is 11.0. The number of nitrogens with zero attached hydrogens (tertiary/aromatic N) is 1. The van der Waals surface area contributed by atoms with E-state index in [4.69, 9.17) is 4.74 Å². The van der Waals surface area contributed by atoms with Crippen molar-refractivity contribution >= 4 is 64.5 Å². The molecule has 0 bridgehead atoms. The average molecular weight is 360 g/mol. The predicted molar refractivity (Wildman–Crippen MR) is 116 cm³/mol. The summed E-state index contributed by atoms with van der Waals surface area (Å²) in [6.45, 7) is 4.88. The van der Waals surface area contributed by atoms with Crippen LogP contribution in [-0.2, 0) is 9.85 Å². The lowest BCUT2D eigenvalue weighted by molar-refractivity contribution is -0.0459. The molecular formula is C11H12B10N2O5. The molecule has 8 saturated heterocycles. The van der Waals surface area contributed by atoms with Crippen molar-refractivity contribution in [3.8, 4) is 0 Å². The molecular weight excluding hydrogens is 348 g/mol. The Labute approximate surface area is 164 Å². The minimum atomic E-state index is -0.800. The molecule has 0 aliphatic carbocycles. The number of rotatable bonds is 3. The summed E-state index contributed by atoms with van der Waals surface area (Å²) in [6, 6.07) is 0. The fourth-order valence-electron chi connectivity index (χ4n) is 10.6. The Bertz CT molecular complexity index is 1100. The second-order valence-corrected chi connectivity index (χ2v) is 11.0. The number of fused-ring (bicyclic) bond motifs is 8. The minimum Gasteiger partial charge on any atom is -0.394 e. The maximum atomic E-state index is 12.8. The molecule has 1 aromatic rings. The van der Waals surface area contributed by atoms with E-state index in [9.17, 15) is 19.8 Å². The van der Waals surface area contributed by atoms with Crippen LogP contribution in [0.1, 0.15) is 18.2 Å². The summed E-state index contributed by atoms with van der Waals surface area (Å²) in [7, 11) is 0. The van der Waals surface area contributed by atoms with Crippen LogP contribution < -0.4 is 11.2 Å². The molecule has 9 heterocycles. The summed E-state index contributed by atoms with van der Waals surface area (Å²) in [4.78, 5) is 27.8. The summed E-state index contributed by atoms with van der Waals surface area (Å²) >= 11 is 0. The number of aliphatic hydroxyl groups excluding tert-OH is 2. The Balaban J connectivity index is 1.12. The lowest BCUT2D eigenvalue weighted by Crippen LogP contribution is -2.95. The Kier molecular flexibility index (Phi) is 2.18. The molecule has 8 fully saturated rings. The van der Waals surface area contributed by atoms with Gasteiger partial charge in [0.2, 0.25) is 0 Å². The molecule has 0 spiro atoms. The van der Waals surface area contributed by atoms with Crippen molar-refractivity contribution in [1.29, 1.82) is 0 Å². The van der Waals surface area contributed by atoms with Crippen molar-refractivity contribution < 1.29 is 14.9 Å². The van der Waals surface area contributed by atoms with Crippen molar-refractivity contribution in [1.82, 2.24) is 9.55 Å². The van der Waals surface area contributed by atoms with Crippen LogP contribution in [0.15, 0.2) is 15.8 Å². The van der Waals surface area contributed by atoms with Gasteiger partial charge in [-0.1, -0.05) is 0 Å². The number of H-pyrrole nitrogens is 1. The highest BCUT2D eigenvalue weighted by Crippen LogP contribution is 2.77. The predicted octanol–water partition coefficient (Wildman–Crippen LogP) is -5.53. The summed E-state index contributed by atoms with van der Waals surface area (Å²) in [5.74, 6) is 0. The van der Waals surface area contributed by atoms with E-state index < -0.39 is 24.1 Å². The van der Waals surface area contributed by atoms with Crippen LogP contribution in [0.4, 0.5) is 0 Å². The second kappa shape index (κ2) is 4.04. The molecule has 0 saturated carbocycles. The Morgan fingerprint density at radius 1 is 1.14 bits per heavy atom. The first-order valence-corrected chi connectivity index (χ1v) is 10.9. The van der Waals surface area contributed by atoms with Gasteiger partial charge in [0.15, 0.2) is 0 Å². The van der Waals surface area contributed by atoms with E-state index in [2.05, 4.69) is 4.98 Å². The highest BCUT2D eigenvalue weighted by molar-refractivity contribution is 8.49. The molecule has 0 radical (unpaired) electrons. The first kappa shape index (κ1) is 15.1. The number of aromatic amines is 1. The van der Waals surface area contributed by atoms with E-state index in [1.807, 2.05) is 0 Å². The molecule has 3 atom stereocenters. The van der Waals surface area contributed by atoms with Gasteiger partial charge in [-0.3, -0.25) is 14.3 Å². The maximum Gasteiger partial charge on any atom is 0.330 e. The molecule has 0 amide bonds. The van der Waals surface area contributed by atoms with Crippen LogP contribution in [0.25, 0.3) is 0 Å². The molecule has 9 rings (SSSR count). The van der Waals surface area contributed by atoms with Gasteiger partial charge in [-0.25, -0.2) is 4.79 Å². The maximum absolute atomic E-state index is 12.8. The first-order valence-electron chi connectivity index (χ1n) is 10.9. The van der Waals surface area contributed by atoms with Gasteiger partial charge < -0.3 is 14.9 Å². The van der Waals surface area contributed by atoms with E-state index in [1.165, 1.54) is 4.57 Å². The molecule has 126 valence electrons. The molecule has 0 aromatic carbocycles.